The number of aromatic nitrogens is 2. The fourth-order valence-corrected chi connectivity index (χ4v) is 1.63. The van der Waals surface area contributed by atoms with Crippen molar-refractivity contribution in [1.29, 1.82) is 0 Å². The summed E-state index contributed by atoms with van der Waals surface area (Å²) in [6, 6.07) is 0. The highest BCUT2D eigenvalue weighted by Gasteiger charge is 2.28. The highest BCUT2D eigenvalue weighted by Crippen LogP contribution is 2.26. The molecule has 1 aromatic heterocycles. The Morgan fingerprint density at radius 2 is 2.19 bits per heavy atom. The molecule has 0 saturated carbocycles. The van der Waals surface area contributed by atoms with E-state index in [1.165, 1.54) is 0 Å². The largest absolute Gasteiger partial charge is 0.368 e. The van der Waals surface area contributed by atoms with Crippen molar-refractivity contribution in [1.82, 2.24) is 15.3 Å². The minimum Gasteiger partial charge on any atom is -0.368 e. The lowest BCUT2D eigenvalue weighted by atomic mass is 10.0. The lowest BCUT2D eigenvalue weighted by Gasteiger charge is -2.25. The summed E-state index contributed by atoms with van der Waals surface area (Å²) < 4.78 is 5.77. The zero-order valence-electron chi connectivity index (χ0n) is 10.8. The van der Waals surface area contributed by atoms with E-state index in [0.29, 0.717) is 6.61 Å². The molecule has 4 heteroatoms. The fraction of sp³-hybridized carbons (Fsp3) is 0.750. The van der Waals surface area contributed by atoms with Gasteiger partial charge >= 0.3 is 0 Å². The molecule has 0 spiro atoms. The second-order valence-corrected chi connectivity index (χ2v) is 4.05. The van der Waals surface area contributed by atoms with Crippen LogP contribution in [0.3, 0.4) is 0 Å². The number of imidazole rings is 1. The molecule has 1 rings (SSSR count). The Kier molecular flexibility index (Phi) is 4.96. The van der Waals surface area contributed by atoms with Gasteiger partial charge in [0.1, 0.15) is 11.4 Å². The number of hydrogen-bond acceptors (Lipinski definition) is 3. The maximum atomic E-state index is 5.77. The van der Waals surface area contributed by atoms with Crippen LogP contribution in [0.4, 0.5) is 0 Å². The molecule has 1 aromatic rings. The Morgan fingerprint density at radius 1 is 1.44 bits per heavy atom. The molecular formula is C12H23N3O. The zero-order valence-corrected chi connectivity index (χ0v) is 10.8. The van der Waals surface area contributed by atoms with E-state index in [1.807, 2.05) is 13.1 Å². The Labute approximate surface area is 97.8 Å². The Balaban J connectivity index is 2.74. The van der Waals surface area contributed by atoms with Crippen LogP contribution in [-0.4, -0.2) is 23.1 Å². The number of ether oxygens (including phenoxy) is 1. The summed E-state index contributed by atoms with van der Waals surface area (Å²) in [5.74, 6) is 0.921. The molecule has 0 aliphatic heterocycles. The van der Waals surface area contributed by atoms with E-state index >= 15 is 0 Å². The molecule has 92 valence electrons. The molecule has 4 nitrogen and oxygen atoms in total. The van der Waals surface area contributed by atoms with Crippen LogP contribution in [-0.2, 0) is 16.9 Å². The van der Waals surface area contributed by atoms with Crippen LogP contribution < -0.4 is 5.32 Å². The molecule has 0 saturated heterocycles. The van der Waals surface area contributed by atoms with Crippen molar-refractivity contribution in [2.75, 3.05) is 13.2 Å². The SMILES string of the molecule is CCNCc1cnc(C(C)(CC)OCC)[nH]1. The van der Waals surface area contributed by atoms with Crippen LogP contribution >= 0.6 is 0 Å². The Morgan fingerprint density at radius 3 is 2.75 bits per heavy atom. The van der Waals surface area contributed by atoms with E-state index in [2.05, 4.69) is 36.1 Å². The molecule has 0 bridgehead atoms. The van der Waals surface area contributed by atoms with E-state index in [4.69, 9.17) is 4.74 Å². The van der Waals surface area contributed by atoms with Crippen LogP contribution in [0.15, 0.2) is 6.20 Å². The van der Waals surface area contributed by atoms with Crippen LogP contribution in [0.25, 0.3) is 0 Å². The van der Waals surface area contributed by atoms with Crippen LogP contribution in [0, 0.1) is 0 Å². The minimum atomic E-state index is -0.292. The quantitative estimate of drug-likeness (QED) is 0.748. The molecule has 0 amide bonds. The predicted molar refractivity (Wildman–Crippen MR) is 65.2 cm³/mol. The van der Waals surface area contributed by atoms with Gasteiger partial charge in [-0.05, 0) is 26.8 Å². The third-order valence-corrected chi connectivity index (χ3v) is 2.83. The van der Waals surface area contributed by atoms with Gasteiger partial charge < -0.3 is 15.0 Å². The molecule has 0 fully saturated rings. The molecule has 1 atom stereocenters. The van der Waals surface area contributed by atoms with Crippen LogP contribution in [0.5, 0.6) is 0 Å². The van der Waals surface area contributed by atoms with Gasteiger partial charge in [0, 0.05) is 25.0 Å². The molecule has 2 N–H and O–H groups in total. The van der Waals surface area contributed by atoms with Crippen molar-refractivity contribution in [2.24, 2.45) is 0 Å². The number of aromatic amines is 1. The molecule has 0 aliphatic rings. The third kappa shape index (κ3) is 3.06. The summed E-state index contributed by atoms with van der Waals surface area (Å²) in [5, 5.41) is 3.27. The number of rotatable bonds is 7. The number of nitrogens with zero attached hydrogens (tertiary/aromatic N) is 1. The van der Waals surface area contributed by atoms with Gasteiger partial charge in [-0.3, -0.25) is 0 Å². The van der Waals surface area contributed by atoms with Crippen molar-refractivity contribution < 1.29 is 4.74 Å². The van der Waals surface area contributed by atoms with E-state index < -0.39 is 0 Å². The standard InChI is InChI=1S/C12H23N3O/c1-5-12(4,16-7-3)11-14-9-10(15-11)8-13-6-2/h9,13H,5-8H2,1-4H3,(H,14,15). The van der Waals surface area contributed by atoms with Crippen molar-refractivity contribution in [3.8, 4) is 0 Å². The molecule has 16 heavy (non-hydrogen) atoms. The van der Waals surface area contributed by atoms with Gasteiger partial charge in [-0.25, -0.2) is 4.98 Å². The zero-order chi connectivity index (χ0) is 12.0. The summed E-state index contributed by atoms with van der Waals surface area (Å²) in [6.07, 6.45) is 2.79. The molecule has 0 radical (unpaired) electrons. The van der Waals surface area contributed by atoms with E-state index in [1.54, 1.807) is 0 Å². The summed E-state index contributed by atoms with van der Waals surface area (Å²) in [5.41, 5.74) is 0.815. The van der Waals surface area contributed by atoms with Gasteiger partial charge in [0.25, 0.3) is 0 Å². The van der Waals surface area contributed by atoms with Crippen LogP contribution in [0.1, 0.15) is 45.6 Å². The first-order valence-corrected chi connectivity index (χ1v) is 6.05. The van der Waals surface area contributed by atoms with Crippen molar-refractivity contribution >= 4 is 0 Å². The molecule has 1 unspecified atom stereocenters. The normalized spacial score (nSPS) is 15.0. The van der Waals surface area contributed by atoms with Gasteiger partial charge in [0.15, 0.2) is 0 Å². The van der Waals surface area contributed by atoms with Gasteiger partial charge in [-0.1, -0.05) is 13.8 Å². The van der Waals surface area contributed by atoms with E-state index in [9.17, 15) is 0 Å². The molecule has 0 aliphatic carbocycles. The van der Waals surface area contributed by atoms with E-state index in [0.717, 1.165) is 31.0 Å². The molecular weight excluding hydrogens is 202 g/mol. The second kappa shape index (κ2) is 6.01. The topological polar surface area (TPSA) is 49.9 Å². The monoisotopic (exact) mass is 225 g/mol. The average Bonchev–Trinajstić information content (AvgIpc) is 2.75. The highest BCUT2D eigenvalue weighted by atomic mass is 16.5. The smallest absolute Gasteiger partial charge is 0.138 e. The highest BCUT2D eigenvalue weighted by molar-refractivity contribution is 5.07. The first-order chi connectivity index (χ1) is 7.66. The van der Waals surface area contributed by atoms with Gasteiger partial charge in [0.05, 0.1) is 0 Å². The second-order valence-electron chi connectivity index (χ2n) is 4.05. The number of hydrogen-bond donors (Lipinski definition) is 2. The Bertz CT molecular complexity index is 311. The third-order valence-electron chi connectivity index (χ3n) is 2.83. The van der Waals surface area contributed by atoms with Crippen molar-refractivity contribution in [2.45, 2.75) is 46.3 Å². The van der Waals surface area contributed by atoms with Gasteiger partial charge in [-0.15, -0.1) is 0 Å². The van der Waals surface area contributed by atoms with Crippen molar-refractivity contribution in [3.63, 3.8) is 0 Å². The maximum Gasteiger partial charge on any atom is 0.138 e. The van der Waals surface area contributed by atoms with Gasteiger partial charge in [-0.2, -0.15) is 0 Å². The first-order valence-electron chi connectivity index (χ1n) is 6.05. The molecule has 0 aromatic carbocycles. The summed E-state index contributed by atoms with van der Waals surface area (Å²) in [4.78, 5) is 7.74. The molecule has 1 heterocycles. The number of H-pyrrole nitrogens is 1. The first kappa shape index (κ1) is 13.2. The Hall–Kier alpha value is -0.870. The predicted octanol–water partition coefficient (Wildman–Crippen LogP) is 2.18. The summed E-state index contributed by atoms with van der Waals surface area (Å²) >= 11 is 0. The number of nitrogens with one attached hydrogen (secondary N) is 2. The summed E-state index contributed by atoms with van der Waals surface area (Å²) in [7, 11) is 0. The van der Waals surface area contributed by atoms with E-state index in [-0.39, 0.29) is 5.60 Å². The minimum absolute atomic E-state index is 0.292. The fourth-order valence-electron chi connectivity index (χ4n) is 1.63. The van der Waals surface area contributed by atoms with Gasteiger partial charge in [0.2, 0.25) is 0 Å². The lowest BCUT2D eigenvalue weighted by Crippen LogP contribution is -2.26. The van der Waals surface area contributed by atoms with Crippen molar-refractivity contribution in [3.05, 3.63) is 17.7 Å². The summed E-state index contributed by atoms with van der Waals surface area (Å²) in [6.45, 7) is 10.8. The average molecular weight is 225 g/mol. The maximum absolute atomic E-state index is 5.77. The van der Waals surface area contributed by atoms with Crippen LogP contribution in [0.2, 0.25) is 0 Å². The lowest BCUT2D eigenvalue weighted by molar-refractivity contribution is -0.0385.